The Kier molecular flexibility index (Phi) is 4.90. The van der Waals surface area contributed by atoms with Crippen molar-refractivity contribution in [2.45, 2.75) is 12.8 Å². The summed E-state index contributed by atoms with van der Waals surface area (Å²) in [5.41, 5.74) is 0. The molecule has 5 nitrogen and oxygen atoms in total. The van der Waals surface area contributed by atoms with E-state index >= 15 is 0 Å². The van der Waals surface area contributed by atoms with Crippen molar-refractivity contribution in [3.8, 4) is 0 Å². The first kappa shape index (κ1) is 14.0. The molecular weight excluding hydrogens is 308 g/mol. The van der Waals surface area contributed by atoms with Crippen molar-refractivity contribution in [3.05, 3.63) is 29.7 Å². The van der Waals surface area contributed by atoms with E-state index in [-0.39, 0.29) is 11.8 Å². The second-order valence-corrected chi connectivity index (χ2v) is 5.71. The molecule has 1 aromatic rings. The summed E-state index contributed by atoms with van der Waals surface area (Å²) in [4.78, 5) is 22.5. The van der Waals surface area contributed by atoms with Gasteiger partial charge >= 0.3 is 0 Å². The zero-order valence-electron chi connectivity index (χ0n) is 10.7. The predicted molar refractivity (Wildman–Crippen MR) is 78.0 cm³/mol. The van der Waals surface area contributed by atoms with Crippen molar-refractivity contribution in [2.75, 3.05) is 24.5 Å². The molecule has 1 N–H and O–H groups in total. The van der Waals surface area contributed by atoms with Crippen molar-refractivity contribution in [1.29, 1.82) is 0 Å². The van der Waals surface area contributed by atoms with Gasteiger partial charge in [0.25, 0.3) is 0 Å². The van der Waals surface area contributed by atoms with Crippen LogP contribution in [0.15, 0.2) is 29.7 Å². The lowest BCUT2D eigenvalue weighted by molar-refractivity contribution is -0.125. The third kappa shape index (κ3) is 4.02. The lowest BCUT2D eigenvalue weighted by Gasteiger charge is -2.32. The van der Waals surface area contributed by atoms with Crippen molar-refractivity contribution in [2.24, 2.45) is 5.92 Å². The van der Waals surface area contributed by atoms with Crippen LogP contribution in [0.25, 0.3) is 0 Å². The van der Waals surface area contributed by atoms with E-state index in [0.29, 0.717) is 13.1 Å². The maximum Gasteiger partial charge on any atom is 0.225 e. The minimum Gasteiger partial charge on any atom is -0.355 e. The number of aromatic nitrogens is 2. The fourth-order valence-corrected chi connectivity index (χ4v) is 2.32. The van der Waals surface area contributed by atoms with Gasteiger partial charge in [0.1, 0.15) is 5.82 Å². The first-order valence-electron chi connectivity index (χ1n) is 6.29. The van der Waals surface area contributed by atoms with E-state index in [2.05, 4.69) is 42.7 Å². The van der Waals surface area contributed by atoms with Crippen molar-refractivity contribution in [1.82, 2.24) is 15.3 Å². The van der Waals surface area contributed by atoms with E-state index in [9.17, 15) is 4.79 Å². The number of piperidine rings is 1. The number of carbonyl (C=O) groups excluding carboxylic acids is 1. The molecule has 2 rings (SSSR count). The van der Waals surface area contributed by atoms with Crippen LogP contribution >= 0.6 is 15.9 Å². The number of rotatable bonds is 4. The van der Waals surface area contributed by atoms with E-state index in [1.807, 2.05) is 0 Å². The van der Waals surface area contributed by atoms with Gasteiger partial charge in [0.15, 0.2) is 0 Å². The summed E-state index contributed by atoms with van der Waals surface area (Å²) in [6.07, 6.45) is 6.97. The molecule has 0 aliphatic carbocycles. The quantitative estimate of drug-likeness (QED) is 0.916. The maximum absolute atomic E-state index is 12.0. The van der Waals surface area contributed by atoms with E-state index in [1.165, 1.54) is 0 Å². The molecule has 1 aromatic heterocycles. The van der Waals surface area contributed by atoms with Crippen molar-refractivity contribution in [3.63, 3.8) is 0 Å². The molecule has 0 spiro atoms. The topological polar surface area (TPSA) is 58.1 Å². The first-order valence-corrected chi connectivity index (χ1v) is 7.08. The Bertz CT molecular complexity index is 451. The van der Waals surface area contributed by atoms with E-state index < -0.39 is 0 Å². The lowest BCUT2D eigenvalue weighted by atomic mass is 9.97. The van der Waals surface area contributed by atoms with Gasteiger partial charge in [0, 0.05) is 36.5 Å². The zero-order valence-corrected chi connectivity index (χ0v) is 12.3. The van der Waals surface area contributed by atoms with Crippen LogP contribution in [-0.2, 0) is 4.79 Å². The number of nitrogens with zero attached hydrogens (tertiary/aromatic N) is 3. The maximum atomic E-state index is 12.0. The van der Waals surface area contributed by atoms with E-state index in [0.717, 1.165) is 29.7 Å². The molecular formula is C13H17BrN4O. The highest BCUT2D eigenvalue weighted by atomic mass is 79.9. The van der Waals surface area contributed by atoms with Crippen LogP contribution in [0.4, 0.5) is 5.82 Å². The SMILES string of the molecule is C=C(Br)CNC(=O)[C@@H]1CCCN(c2cnccn2)C1. The van der Waals surface area contributed by atoms with E-state index in [4.69, 9.17) is 0 Å². The third-order valence-electron chi connectivity index (χ3n) is 3.12. The van der Waals surface area contributed by atoms with Crippen LogP contribution in [0.1, 0.15) is 12.8 Å². The molecule has 0 saturated carbocycles. The standard InChI is InChI=1S/C13H17BrN4O/c1-10(14)7-17-13(19)11-3-2-6-18(9-11)12-8-15-4-5-16-12/h4-5,8,11H,1-3,6-7,9H2,(H,17,19)/t11-/m1/s1. The molecule has 1 amide bonds. The van der Waals surface area contributed by atoms with Crippen LogP contribution in [0.3, 0.4) is 0 Å². The second-order valence-electron chi connectivity index (χ2n) is 4.58. The minimum atomic E-state index is 0.00241. The largest absolute Gasteiger partial charge is 0.355 e. The smallest absolute Gasteiger partial charge is 0.225 e. The fraction of sp³-hybridized carbons (Fsp3) is 0.462. The molecule has 0 bridgehead atoms. The summed E-state index contributed by atoms with van der Waals surface area (Å²) in [7, 11) is 0. The van der Waals surface area contributed by atoms with Crippen LogP contribution in [-0.4, -0.2) is 35.5 Å². The summed E-state index contributed by atoms with van der Waals surface area (Å²) in [6, 6.07) is 0. The van der Waals surface area contributed by atoms with Gasteiger partial charge in [-0.25, -0.2) is 4.98 Å². The highest BCUT2D eigenvalue weighted by Crippen LogP contribution is 2.21. The number of halogens is 1. The van der Waals surface area contributed by atoms with Crippen molar-refractivity contribution >= 4 is 27.7 Å². The Hall–Kier alpha value is -1.43. The summed E-state index contributed by atoms with van der Waals surface area (Å²) < 4.78 is 0.780. The molecule has 1 atom stereocenters. The number of hydrogen-bond donors (Lipinski definition) is 1. The van der Waals surface area contributed by atoms with Crippen LogP contribution < -0.4 is 10.2 Å². The second kappa shape index (κ2) is 6.65. The molecule has 1 fully saturated rings. The summed E-state index contributed by atoms with van der Waals surface area (Å²) >= 11 is 3.24. The van der Waals surface area contributed by atoms with Gasteiger partial charge in [0.05, 0.1) is 12.1 Å². The molecule has 1 aliphatic rings. The number of amides is 1. The summed E-state index contributed by atoms with van der Waals surface area (Å²) in [6.45, 7) is 5.80. The molecule has 102 valence electrons. The predicted octanol–water partition coefficient (Wildman–Crippen LogP) is 1.72. The van der Waals surface area contributed by atoms with Gasteiger partial charge in [-0.15, -0.1) is 0 Å². The molecule has 1 aliphatic heterocycles. The summed E-state index contributed by atoms with van der Waals surface area (Å²) in [5, 5.41) is 2.88. The molecule has 1 saturated heterocycles. The molecule has 6 heteroatoms. The first-order chi connectivity index (χ1) is 9.16. The third-order valence-corrected chi connectivity index (χ3v) is 3.40. The van der Waals surface area contributed by atoms with Gasteiger partial charge in [-0.2, -0.15) is 0 Å². The number of carbonyl (C=O) groups is 1. The van der Waals surface area contributed by atoms with Gasteiger partial charge in [0.2, 0.25) is 5.91 Å². The Labute approximate surface area is 121 Å². The minimum absolute atomic E-state index is 0.00241. The number of hydrogen-bond acceptors (Lipinski definition) is 4. The highest BCUT2D eigenvalue weighted by Gasteiger charge is 2.26. The Morgan fingerprint density at radius 2 is 2.42 bits per heavy atom. The zero-order chi connectivity index (χ0) is 13.7. The van der Waals surface area contributed by atoms with Gasteiger partial charge < -0.3 is 10.2 Å². The number of nitrogens with one attached hydrogen (secondary N) is 1. The van der Waals surface area contributed by atoms with Gasteiger partial charge in [-0.3, -0.25) is 9.78 Å². The van der Waals surface area contributed by atoms with Crippen molar-refractivity contribution < 1.29 is 4.79 Å². The number of anilines is 1. The lowest BCUT2D eigenvalue weighted by Crippen LogP contribution is -2.43. The van der Waals surface area contributed by atoms with Gasteiger partial charge in [-0.05, 0) is 12.8 Å². The molecule has 2 heterocycles. The molecule has 0 radical (unpaired) electrons. The Morgan fingerprint density at radius 1 is 1.58 bits per heavy atom. The fourth-order valence-electron chi connectivity index (χ4n) is 2.18. The highest BCUT2D eigenvalue weighted by molar-refractivity contribution is 9.11. The average molecular weight is 325 g/mol. The normalized spacial score (nSPS) is 19.0. The monoisotopic (exact) mass is 324 g/mol. The summed E-state index contributed by atoms with van der Waals surface area (Å²) in [5.74, 6) is 0.918. The molecule has 19 heavy (non-hydrogen) atoms. The van der Waals surface area contributed by atoms with Gasteiger partial charge in [-0.1, -0.05) is 22.5 Å². The van der Waals surface area contributed by atoms with Crippen LogP contribution in [0.5, 0.6) is 0 Å². The van der Waals surface area contributed by atoms with Crippen LogP contribution in [0.2, 0.25) is 0 Å². The molecule has 0 unspecified atom stereocenters. The Morgan fingerprint density at radius 3 is 3.11 bits per heavy atom. The van der Waals surface area contributed by atoms with Crippen LogP contribution in [0, 0.1) is 5.92 Å². The molecule has 0 aromatic carbocycles. The van der Waals surface area contributed by atoms with E-state index in [1.54, 1.807) is 18.6 Å². The Balaban J connectivity index is 1.93. The average Bonchev–Trinajstić information content (AvgIpc) is 2.46.